The van der Waals surface area contributed by atoms with Crippen LogP contribution in [0.3, 0.4) is 0 Å². The summed E-state index contributed by atoms with van der Waals surface area (Å²) in [7, 11) is 0. The maximum atomic E-state index is 12.4. The van der Waals surface area contributed by atoms with E-state index in [9.17, 15) is 15.0 Å². The van der Waals surface area contributed by atoms with E-state index in [4.69, 9.17) is 4.74 Å². The van der Waals surface area contributed by atoms with Crippen LogP contribution in [-0.2, 0) is 11.2 Å². The average Bonchev–Trinajstić information content (AvgIpc) is 3.22. The van der Waals surface area contributed by atoms with Gasteiger partial charge in [0.05, 0.1) is 12.7 Å². The van der Waals surface area contributed by atoms with Crippen LogP contribution in [0.15, 0.2) is 17.1 Å². The molecule has 0 spiro atoms. The fraction of sp³-hybridized carbons (Fsp3) is 0.700. The van der Waals surface area contributed by atoms with Gasteiger partial charge >= 0.3 is 5.69 Å². The van der Waals surface area contributed by atoms with Crippen molar-refractivity contribution in [2.45, 2.75) is 83.1 Å². The highest BCUT2D eigenvalue weighted by Gasteiger charge is 2.35. The van der Waals surface area contributed by atoms with Crippen LogP contribution in [0, 0.1) is 0 Å². The molecule has 2 aromatic heterocycles. The van der Waals surface area contributed by atoms with Crippen LogP contribution in [0.4, 0.5) is 0 Å². The van der Waals surface area contributed by atoms with Crippen molar-refractivity contribution in [1.82, 2.24) is 9.55 Å². The van der Waals surface area contributed by atoms with Gasteiger partial charge in [0.15, 0.2) is 0 Å². The third-order valence-corrected chi connectivity index (χ3v) is 6.31. The molecule has 6 nitrogen and oxygen atoms in total. The van der Waals surface area contributed by atoms with Crippen molar-refractivity contribution in [3.05, 3.63) is 27.6 Å². The largest absolute Gasteiger partial charge is 0.394 e. The second-order valence-corrected chi connectivity index (χ2v) is 8.51. The quantitative estimate of drug-likeness (QED) is 0.604. The summed E-state index contributed by atoms with van der Waals surface area (Å²) in [6, 6.07) is 2.11. The number of rotatable bonds is 10. The first-order valence-corrected chi connectivity index (χ1v) is 10.9. The molecule has 0 unspecified atom stereocenters. The second kappa shape index (κ2) is 9.78. The molecule has 0 aliphatic carbocycles. The predicted octanol–water partition coefficient (Wildman–Crippen LogP) is 3.39. The van der Waals surface area contributed by atoms with E-state index in [0.29, 0.717) is 0 Å². The molecule has 3 atom stereocenters. The zero-order chi connectivity index (χ0) is 19.2. The van der Waals surface area contributed by atoms with Crippen molar-refractivity contribution < 1.29 is 14.9 Å². The smallest absolute Gasteiger partial charge is 0.351 e. The first-order valence-electron chi connectivity index (χ1n) is 10.1. The van der Waals surface area contributed by atoms with E-state index in [0.717, 1.165) is 16.6 Å². The van der Waals surface area contributed by atoms with Crippen LogP contribution in [0.25, 0.3) is 10.2 Å². The lowest BCUT2D eigenvalue weighted by Crippen LogP contribution is -2.27. The molecule has 3 heterocycles. The fourth-order valence-corrected chi connectivity index (χ4v) is 4.65. The number of aliphatic hydroxyl groups is 2. The zero-order valence-electron chi connectivity index (χ0n) is 16.0. The van der Waals surface area contributed by atoms with Gasteiger partial charge in [0.2, 0.25) is 0 Å². The van der Waals surface area contributed by atoms with Gasteiger partial charge in [-0.15, -0.1) is 11.3 Å². The number of aliphatic hydroxyl groups excluding tert-OH is 2. The molecule has 0 bridgehead atoms. The van der Waals surface area contributed by atoms with Crippen LogP contribution < -0.4 is 5.69 Å². The molecule has 3 rings (SSSR count). The number of aromatic nitrogens is 2. The van der Waals surface area contributed by atoms with Gasteiger partial charge < -0.3 is 14.9 Å². The van der Waals surface area contributed by atoms with Gasteiger partial charge in [0.25, 0.3) is 0 Å². The van der Waals surface area contributed by atoms with Crippen LogP contribution in [0.1, 0.15) is 69.4 Å². The van der Waals surface area contributed by atoms with Gasteiger partial charge in [-0.25, -0.2) is 4.79 Å². The summed E-state index contributed by atoms with van der Waals surface area (Å²) in [6.45, 7) is 1.97. The lowest BCUT2D eigenvalue weighted by molar-refractivity contribution is -0.0457. The molecule has 1 fully saturated rings. The van der Waals surface area contributed by atoms with Crippen LogP contribution in [0.2, 0.25) is 0 Å². The summed E-state index contributed by atoms with van der Waals surface area (Å²) in [5.74, 6) is 0. The third-order valence-electron chi connectivity index (χ3n) is 5.21. The van der Waals surface area contributed by atoms with E-state index in [-0.39, 0.29) is 18.7 Å². The highest BCUT2D eigenvalue weighted by Crippen LogP contribution is 2.30. The average molecular weight is 395 g/mol. The minimum Gasteiger partial charge on any atom is -0.394 e. The first kappa shape index (κ1) is 20.5. The Hall–Kier alpha value is -1.28. The minimum absolute atomic E-state index is 0.261. The Morgan fingerprint density at radius 2 is 2.00 bits per heavy atom. The number of hydrogen-bond donors (Lipinski definition) is 2. The van der Waals surface area contributed by atoms with Crippen molar-refractivity contribution in [1.29, 1.82) is 0 Å². The predicted molar refractivity (Wildman–Crippen MR) is 107 cm³/mol. The molecular weight excluding hydrogens is 364 g/mol. The molecule has 1 aliphatic heterocycles. The minimum atomic E-state index is -0.766. The number of ether oxygens (including phenoxy) is 1. The molecule has 2 aromatic rings. The van der Waals surface area contributed by atoms with Crippen LogP contribution >= 0.6 is 11.3 Å². The lowest BCUT2D eigenvalue weighted by atomic mass is 10.1. The SMILES string of the molecule is CCCCCCCCCc1cc2cn([C@H]3C[C@H](O)[C@@H](CO)O3)c(=O)nc2s1. The van der Waals surface area contributed by atoms with E-state index < -0.39 is 18.4 Å². The van der Waals surface area contributed by atoms with Crippen molar-refractivity contribution in [3.63, 3.8) is 0 Å². The Kier molecular flexibility index (Phi) is 7.41. The number of unbranched alkanes of at least 4 members (excludes halogenated alkanes) is 6. The Bertz CT molecular complexity index is 788. The molecular formula is C20H30N2O4S. The van der Waals surface area contributed by atoms with Crippen LogP contribution in [-0.4, -0.2) is 38.6 Å². The summed E-state index contributed by atoms with van der Waals surface area (Å²) < 4.78 is 7.03. The molecule has 150 valence electrons. The van der Waals surface area contributed by atoms with Crippen molar-refractivity contribution in [3.8, 4) is 0 Å². The van der Waals surface area contributed by atoms with Gasteiger partial charge in [-0.2, -0.15) is 4.98 Å². The number of fused-ring (bicyclic) bond motifs is 1. The number of nitrogens with zero attached hydrogens (tertiary/aromatic N) is 2. The number of aryl methyl sites for hydroxylation is 1. The fourth-order valence-electron chi connectivity index (χ4n) is 3.61. The van der Waals surface area contributed by atoms with Gasteiger partial charge in [0, 0.05) is 22.9 Å². The second-order valence-electron chi connectivity index (χ2n) is 7.39. The topological polar surface area (TPSA) is 84.6 Å². The lowest BCUT2D eigenvalue weighted by Gasteiger charge is -2.14. The highest BCUT2D eigenvalue weighted by molar-refractivity contribution is 7.18. The number of thiophene rings is 1. The van der Waals surface area contributed by atoms with Crippen LogP contribution in [0.5, 0.6) is 0 Å². The standard InChI is InChI=1S/C20H30N2O4S/c1-2-3-4-5-6-7-8-9-15-10-14-12-22(20(25)21-19(14)27-15)18-11-16(24)17(13-23)26-18/h10,12,16-18,23-24H,2-9,11,13H2,1H3/t16-,17+,18+/m0/s1. The summed E-state index contributed by atoms with van der Waals surface area (Å²) >= 11 is 1.59. The summed E-state index contributed by atoms with van der Waals surface area (Å²) in [5.41, 5.74) is -0.373. The summed E-state index contributed by atoms with van der Waals surface area (Å²) in [6.07, 6.45) is 10.1. The first-order chi connectivity index (χ1) is 13.1. The monoisotopic (exact) mass is 394 g/mol. The molecule has 0 saturated carbocycles. The maximum absolute atomic E-state index is 12.4. The van der Waals surface area contributed by atoms with Gasteiger partial charge in [0.1, 0.15) is 17.2 Å². The van der Waals surface area contributed by atoms with E-state index in [2.05, 4.69) is 18.0 Å². The Labute approximate surface area is 163 Å². The van der Waals surface area contributed by atoms with Gasteiger partial charge in [-0.05, 0) is 18.9 Å². The maximum Gasteiger partial charge on any atom is 0.351 e. The molecule has 0 aromatic carbocycles. The van der Waals surface area contributed by atoms with Crippen molar-refractivity contribution in [2.75, 3.05) is 6.61 Å². The van der Waals surface area contributed by atoms with E-state index in [1.54, 1.807) is 17.5 Å². The Morgan fingerprint density at radius 3 is 2.70 bits per heavy atom. The van der Waals surface area contributed by atoms with E-state index in [1.165, 1.54) is 54.4 Å². The molecule has 0 radical (unpaired) electrons. The zero-order valence-corrected chi connectivity index (χ0v) is 16.8. The Balaban J connectivity index is 1.60. The molecule has 0 amide bonds. The summed E-state index contributed by atoms with van der Waals surface area (Å²) in [5, 5.41) is 20.1. The molecule has 2 N–H and O–H groups in total. The number of hydrogen-bond acceptors (Lipinski definition) is 6. The molecule has 1 aliphatic rings. The molecule has 7 heteroatoms. The Morgan fingerprint density at radius 1 is 1.26 bits per heavy atom. The van der Waals surface area contributed by atoms with Gasteiger partial charge in [-0.3, -0.25) is 4.57 Å². The normalized spacial score (nSPS) is 22.7. The van der Waals surface area contributed by atoms with Crippen molar-refractivity contribution in [2.24, 2.45) is 0 Å². The molecule has 27 heavy (non-hydrogen) atoms. The highest BCUT2D eigenvalue weighted by atomic mass is 32.1. The van der Waals surface area contributed by atoms with Crippen molar-refractivity contribution >= 4 is 21.6 Å². The third kappa shape index (κ3) is 5.16. The summed E-state index contributed by atoms with van der Waals surface area (Å²) in [4.78, 5) is 18.6. The molecule has 1 saturated heterocycles. The van der Waals surface area contributed by atoms with E-state index >= 15 is 0 Å². The van der Waals surface area contributed by atoms with E-state index in [1.807, 2.05) is 0 Å². The van der Waals surface area contributed by atoms with Gasteiger partial charge in [-0.1, -0.05) is 45.4 Å².